The molecule has 4 aromatic rings. The quantitative estimate of drug-likeness (QED) is 0.126. The average Bonchev–Trinajstić information content (AvgIpc) is 3.09. The van der Waals surface area contributed by atoms with Crippen LogP contribution in [-0.4, -0.2) is 57.1 Å². The second-order valence-corrected chi connectivity index (χ2v) is 18.7. The molecule has 0 spiro atoms. The van der Waals surface area contributed by atoms with Crippen LogP contribution in [0, 0.1) is 23.2 Å². The zero-order valence-corrected chi connectivity index (χ0v) is 32.6. The summed E-state index contributed by atoms with van der Waals surface area (Å²) < 4.78 is 3.48. The summed E-state index contributed by atoms with van der Waals surface area (Å²) in [6, 6.07) is 11.3. The fourth-order valence-electron chi connectivity index (χ4n) is 8.22. The van der Waals surface area contributed by atoms with Crippen LogP contribution in [0.25, 0.3) is 22.4 Å². The van der Waals surface area contributed by atoms with Gasteiger partial charge >= 0.3 is 0 Å². The van der Waals surface area contributed by atoms with Gasteiger partial charge in [0.05, 0.1) is 23.6 Å². The van der Waals surface area contributed by atoms with E-state index in [1.165, 1.54) is 16.6 Å². The van der Waals surface area contributed by atoms with Crippen LogP contribution in [0.2, 0.25) is 10.0 Å². The van der Waals surface area contributed by atoms with Gasteiger partial charge in [0.2, 0.25) is 5.91 Å². The first-order chi connectivity index (χ1) is 24.0. The van der Waals surface area contributed by atoms with Gasteiger partial charge in [0, 0.05) is 51.2 Å². The largest absolute Gasteiger partial charge is 0.351 e. The van der Waals surface area contributed by atoms with Crippen molar-refractivity contribution in [3.05, 3.63) is 81.0 Å². The molecule has 4 fully saturated rings. The first-order valence-electron chi connectivity index (χ1n) is 17.6. The van der Waals surface area contributed by atoms with E-state index in [4.69, 9.17) is 28.2 Å². The molecule has 3 heterocycles. The predicted octanol–water partition coefficient (Wildman–Crippen LogP) is 7.54. The predicted molar refractivity (Wildman–Crippen MR) is 211 cm³/mol. The zero-order valence-electron chi connectivity index (χ0n) is 28.9. The molecule has 2 N–H and O–H groups in total. The number of hydrogen-bond acceptors (Lipinski definition) is 7. The number of alkyl halides is 1. The van der Waals surface area contributed by atoms with E-state index < -0.39 is 20.7 Å². The monoisotopic (exact) mass is 827 g/mol. The molecular weight excluding hydrogens is 784 g/mol. The fraction of sp³-hybridized carbons (Fsp3) is 0.474. The van der Waals surface area contributed by atoms with Crippen molar-refractivity contribution in [2.24, 2.45) is 23.2 Å². The number of nitrogens with zero attached hydrogens (tertiary/aromatic N) is 5. The number of halogens is 3. The van der Waals surface area contributed by atoms with Crippen LogP contribution in [0.1, 0.15) is 58.9 Å². The van der Waals surface area contributed by atoms with Crippen LogP contribution < -0.4 is 16.2 Å². The van der Waals surface area contributed by atoms with E-state index in [2.05, 4.69) is 53.2 Å². The van der Waals surface area contributed by atoms with Gasteiger partial charge in [-0.2, -0.15) is 0 Å². The first-order valence-corrected chi connectivity index (χ1v) is 20.7. The van der Waals surface area contributed by atoms with Gasteiger partial charge in [0.15, 0.2) is 5.82 Å². The molecule has 4 aliphatic rings. The molecule has 2 aromatic heterocycles. The molecule has 3 saturated carbocycles. The van der Waals surface area contributed by atoms with Gasteiger partial charge in [-0.1, -0.05) is 84.1 Å². The van der Waals surface area contributed by atoms with E-state index >= 15 is 0 Å². The van der Waals surface area contributed by atoms with Gasteiger partial charge in [-0.15, -0.1) is 0 Å². The van der Waals surface area contributed by atoms with Crippen molar-refractivity contribution >= 4 is 70.2 Å². The Bertz CT molecular complexity index is 2000. The Kier molecular flexibility index (Phi) is 10.4. The first kappa shape index (κ1) is 35.5. The molecule has 9 nitrogen and oxygen atoms in total. The molecule has 0 unspecified atom stereocenters. The van der Waals surface area contributed by atoms with Crippen LogP contribution in [0.5, 0.6) is 0 Å². The van der Waals surface area contributed by atoms with E-state index in [-0.39, 0.29) is 17.5 Å². The summed E-state index contributed by atoms with van der Waals surface area (Å²) in [5, 5.41) is 8.65. The summed E-state index contributed by atoms with van der Waals surface area (Å²) >= 11 is 12.2. The summed E-state index contributed by atoms with van der Waals surface area (Å²) in [5.41, 5.74) is 3.11. The molecule has 12 heteroatoms. The lowest BCUT2D eigenvalue weighted by Gasteiger charge is -2.61. The van der Waals surface area contributed by atoms with Gasteiger partial charge in [-0.05, 0) is 84.7 Å². The number of carbonyl (C=O) groups is 1. The Morgan fingerprint density at radius 3 is 2.68 bits per heavy atom. The number of fused-ring (bicyclic) bond motifs is 3. The van der Waals surface area contributed by atoms with Crippen molar-refractivity contribution in [1.82, 2.24) is 29.7 Å². The molecule has 5 atom stereocenters. The highest BCUT2D eigenvalue weighted by Gasteiger charge is 2.56. The smallest absolute Gasteiger partial charge is 0.261 e. The third kappa shape index (κ3) is 7.10. The molecule has 50 heavy (non-hydrogen) atoms. The minimum absolute atomic E-state index is 0.0768. The zero-order chi connectivity index (χ0) is 35.2. The van der Waals surface area contributed by atoms with Gasteiger partial charge in [0.25, 0.3) is 5.56 Å². The van der Waals surface area contributed by atoms with E-state index in [1.54, 1.807) is 35.3 Å². The highest BCUT2D eigenvalue weighted by Crippen LogP contribution is 2.63. The highest BCUT2D eigenvalue weighted by molar-refractivity contribution is 14.2. The normalized spacial score (nSPS) is 25.0. The van der Waals surface area contributed by atoms with Crippen molar-refractivity contribution in [2.45, 2.75) is 76.3 Å². The lowest BCUT2D eigenvalue weighted by Crippen LogP contribution is -2.57. The van der Waals surface area contributed by atoms with Crippen LogP contribution in [0.3, 0.4) is 0 Å². The summed E-state index contributed by atoms with van der Waals surface area (Å²) in [6.45, 7) is 11.0. The number of piperazine rings is 1. The summed E-state index contributed by atoms with van der Waals surface area (Å²) in [6.07, 6.45) is 9.91. The summed E-state index contributed by atoms with van der Waals surface area (Å²) in [4.78, 5) is 43.2. The molecule has 1 amide bonds. The van der Waals surface area contributed by atoms with E-state index in [0.717, 1.165) is 42.5 Å². The molecule has 1 aliphatic heterocycles. The number of carbonyl (C=O) groups excluding carboxylic acids is 1. The number of hydrogen-bond donors (Lipinski definition) is 2. The molecule has 8 rings (SSSR count). The summed E-state index contributed by atoms with van der Waals surface area (Å²) in [7, 11) is 0. The highest BCUT2D eigenvalue weighted by atomic mass is 127. The fourth-order valence-corrected chi connectivity index (χ4v) is 12.6. The maximum absolute atomic E-state index is 14.1. The van der Waals surface area contributed by atoms with Crippen LogP contribution >= 0.6 is 43.9 Å². The Balaban J connectivity index is 1.24. The SMILES string of the molecule is CCC[C@H]1CN(C(Nc2ccc3c(=O)n(CCc4ccc(Cl)cc4Cl)c(-c4cnccn4)nc3c2)=I[C@H]2C[C@H]3C[C@@H]([C@@H]2C)C3(C)C)CC(=O)N1. The lowest BCUT2D eigenvalue weighted by molar-refractivity contribution is -0.124. The number of amides is 1. The number of rotatable bonds is 10. The number of aryl methyl sites for hydroxylation is 1. The van der Waals surface area contributed by atoms with E-state index in [9.17, 15) is 9.59 Å². The number of benzene rings is 2. The Morgan fingerprint density at radius 2 is 1.96 bits per heavy atom. The third-order valence-electron chi connectivity index (χ3n) is 11.2. The van der Waals surface area contributed by atoms with Gasteiger partial charge in [-0.3, -0.25) is 19.1 Å². The van der Waals surface area contributed by atoms with E-state index in [0.29, 0.717) is 67.2 Å². The van der Waals surface area contributed by atoms with Crippen LogP contribution in [0.4, 0.5) is 5.69 Å². The van der Waals surface area contributed by atoms with Crippen molar-refractivity contribution in [3.8, 4) is 11.5 Å². The second-order valence-electron chi connectivity index (χ2n) is 14.6. The summed E-state index contributed by atoms with van der Waals surface area (Å²) in [5.74, 6) is 2.70. The lowest BCUT2D eigenvalue weighted by atomic mass is 9.46. The van der Waals surface area contributed by atoms with Crippen LogP contribution in [0.15, 0.2) is 59.8 Å². The van der Waals surface area contributed by atoms with Gasteiger partial charge < -0.3 is 10.6 Å². The number of anilines is 1. The Morgan fingerprint density at radius 1 is 1.12 bits per heavy atom. The third-order valence-corrected chi connectivity index (χ3v) is 15.7. The van der Waals surface area contributed by atoms with E-state index in [1.807, 2.05) is 24.3 Å². The van der Waals surface area contributed by atoms with Crippen molar-refractivity contribution in [3.63, 3.8) is 0 Å². The molecule has 3 aliphatic carbocycles. The molecule has 2 bridgehead atoms. The topological polar surface area (TPSA) is 105 Å². The minimum Gasteiger partial charge on any atom is -0.351 e. The van der Waals surface area contributed by atoms with Gasteiger partial charge in [0.1, 0.15) is 9.45 Å². The number of nitrogens with one attached hydrogen (secondary N) is 2. The second kappa shape index (κ2) is 14.6. The number of aromatic nitrogens is 4. The maximum atomic E-state index is 14.1. The van der Waals surface area contributed by atoms with Crippen molar-refractivity contribution in [1.29, 1.82) is 0 Å². The molecule has 264 valence electrons. The maximum Gasteiger partial charge on any atom is 0.261 e. The molecule has 1 saturated heterocycles. The van der Waals surface area contributed by atoms with Crippen molar-refractivity contribution < 1.29 is 4.79 Å². The molecule has 0 radical (unpaired) electrons. The minimum atomic E-state index is -0.445. The van der Waals surface area contributed by atoms with Gasteiger partial charge in [-0.25, -0.2) is 14.9 Å². The molecular formula is C38H44Cl2IN7O2. The Hall–Kier alpha value is -2.93. The van der Waals surface area contributed by atoms with Crippen molar-refractivity contribution in [2.75, 3.05) is 18.4 Å². The standard InChI is InChI=1S/C38H44Cl2IN7O2/c1-5-6-27-20-47(21-34(49)44-27)37(41-31-16-24-15-29(22(31)2)38(24,3)4)45-26-9-10-28-32(18-26)46-35(33-19-42-12-13-43-33)48(36(28)50)14-11-23-7-8-25(39)17-30(23)40/h7-10,12-13,17-19,22,24,27,29,31,45H,5-6,11,14-16,20-21H2,1-4H3,(H,44,49)/t22-,24+,27-,29-,31-/m0/s1. The van der Waals surface area contributed by atoms with Crippen LogP contribution in [-0.2, 0) is 17.8 Å². The molecule has 2 aromatic carbocycles. The Labute approximate surface area is 313 Å². The average molecular weight is 829 g/mol.